The molecule has 0 spiro atoms. The molecule has 1 aromatic rings. The lowest BCUT2D eigenvalue weighted by Crippen LogP contribution is -2.36. The molecular formula is C12H16N4O3. The highest BCUT2D eigenvalue weighted by molar-refractivity contribution is 5.83. The fourth-order valence-electron chi connectivity index (χ4n) is 1.80. The predicted molar refractivity (Wildman–Crippen MR) is 71.9 cm³/mol. The summed E-state index contributed by atoms with van der Waals surface area (Å²) in [6.07, 6.45) is 2.07. The minimum atomic E-state index is -0.500. The summed E-state index contributed by atoms with van der Waals surface area (Å²) >= 11 is 0. The highest BCUT2D eigenvalue weighted by atomic mass is 16.6. The number of non-ortho nitro benzene ring substituents is 1. The highest BCUT2D eigenvalue weighted by Crippen LogP contribution is 2.26. The Bertz CT molecular complexity index is 514. The van der Waals surface area contributed by atoms with Crippen molar-refractivity contribution < 1.29 is 9.72 Å². The number of carbonyl (C=O) groups excluding carboxylic acids is 1. The van der Waals surface area contributed by atoms with Crippen molar-refractivity contribution in [3.05, 3.63) is 28.3 Å². The second kappa shape index (κ2) is 5.13. The quantitative estimate of drug-likeness (QED) is 0.467. The molecule has 1 amide bonds. The molecule has 2 rings (SSSR count). The zero-order valence-corrected chi connectivity index (χ0v) is 10.6. The topological polar surface area (TPSA) is 102 Å². The average molecular weight is 264 g/mol. The molecule has 1 saturated carbocycles. The van der Waals surface area contributed by atoms with Gasteiger partial charge in [-0.05, 0) is 18.9 Å². The predicted octanol–water partition coefficient (Wildman–Crippen LogP) is 0.892. The van der Waals surface area contributed by atoms with E-state index in [1.807, 2.05) is 0 Å². The van der Waals surface area contributed by atoms with E-state index in [0.717, 1.165) is 12.8 Å². The smallest absolute Gasteiger partial charge is 0.271 e. The molecule has 0 aliphatic heterocycles. The number of carbonyl (C=O) groups is 1. The number of amides is 1. The van der Waals surface area contributed by atoms with Gasteiger partial charge in [0.05, 0.1) is 22.8 Å². The lowest BCUT2D eigenvalue weighted by molar-refractivity contribution is -0.384. The molecule has 0 aromatic heterocycles. The second-order valence-electron chi connectivity index (χ2n) is 4.70. The number of nitrogens with two attached hydrogens (primary N) is 1. The number of nitro benzene ring substituents is 1. The maximum atomic E-state index is 11.7. The van der Waals surface area contributed by atoms with Crippen molar-refractivity contribution in [2.75, 3.05) is 24.2 Å². The van der Waals surface area contributed by atoms with E-state index in [2.05, 4.69) is 5.32 Å². The monoisotopic (exact) mass is 264 g/mol. The molecule has 102 valence electrons. The SMILES string of the molecule is CN(CC(=O)NC1CC1)c1ccc([N+](=O)[O-])cc1N. The average Bonchev–Trinajstić information content (AvgIpc) is 3.12. The molecular weight excluding hydrogens is 248 g/mol. The Morgan fingerprint density at radius 1 is 1.58 bits per heavy atom. The molecule has 7 heteroatoms. The van der Waals surface area contributed by atoms with Gasteiger partial charge in [0.15, 0.2) is 0 Å². The number of rotatable bonds is 5. The van der Waals surface area contributed by atoms with Crippen LogP contribution in [0.1, 0.15) is 12.8 Å². The first-order valence-corrected chi connectivity index (χ1v) is 6.02. The molecule has 0 atom stereocenters. The van der Waals surface area contributed by atoms with E-state index in [4.69, 9.17) is 5.73 Å². The van der Waals surface area contributed by atoms with Gasteiger partial charge in [0.1, 0.15) is 0 Å². The van der Waals surface area contributed by atoms with Gasteiger partial charge >= 0.3 is 0 Å². The van der Waals surface area contributed by atoms with E-state index in [1.54, 1.807) is 18.0 Å². The Labute approximate surface area is 110 Å². The van der Waals surface area contributed by atoms with Crippen LogP contribution in [0, 0.1) is 10.1 Å². The third-order valence-corrected chi connectivity index (χ3v) is 2.96. The van der Waals surface area contributed by atoms with Crippen LogP contribution in [-0.4, -0.2) is 30.5 Å². The maximum Gasteiger partial charge on any atom is 0.271 e. The zero-order chi connectivity index (χ0) is 14.0. The number of benzene rings is 1. The van der Waals surface area contributed by atoms with Gasteiger partial charge in [-0.3, -0.25) is 14.9 Å². The molecule has 7 nitrogen and oxygen atoms in total. The first-order valence-electron chi connectivity index (χ1n) is 6.02. The Morgan fingerprint density at radius 3 is 2.79 bits per heavy atom. The van der Waals surface area contributed by atoms with Gasteiger partial charge in [-0.25, -0.2) is 0 Å². The Kier molecular flexibility index (Phi) is 3.55. The molecule has 0 heterocycles. The summed E-state index contributed by atoms with van der Waals surface area (Å²) in [5.74, 6) is -0.0669. The van der Waals surface area contributed by atoms with E-state index < -0.39 is 4.92 Å². The summed E-state index contributed by atoms with van der Waals surface area (Å²) in [6.45, 7) is 0.179. The highest BCUT2D eigenvalue weighted by Gasteiger charge is 2.24. The first kappa shape index (κ1) is 13.1. The van der Waals surface area contributed by atoms with Crippen LogP contribution < -0.4 is 16.0 Å². The van der Waals surface area contributed by atoms with Gasteiger partial charge < -0.3 is 16.0 Å². The van der Waals surface area contributed by atoms with E-state index in [0.29, 0.717) is 11.7 Å². The minimum absolute atomic E-state index is 0.0583. The summed E-state index contributed by atoms with van der Waals surface area (Å²) in [5, 5.41) is 13.5. The molecule has 0 saturated heterocycles. The third kappa shape index (κ3) is 3.34. The van der Waals surface area contributed by atoms with Crippen LogP contribution in [-0.2, 0) is 4.79 Å². The molecule has 0 radical (unpaired) electrons. The number of hydrogen-bond donors (Lipinski definition) is 2. The van der Waals surface area contributed by atoms with Crippen LogP contribution in [0.3, 0.4) is 0 Å². The zero-order valence-electron chi connectivity index (χ0n) is 10.6. The van der Waals surface area contributed by atoms with Crippen molar-refractivity contribution in [2.45, 2.75) is 18.9 Å². The van der Waals surface area contributed by atoms with Crippen molar-refractivity contribution in [3.8, 4) is 0 Å². The lowest BCUT2D eigenvalue weighted by Gasteiger charge is -2.20. The number of anilines is 2. The van der Waals surface area contributed by atoms with Gasteiger partial charge in [-0.2, -0.15) is 0 Å². The molecule has 0 bridgehead atoms. The third-order valence-electron chi connectivity index (χ3n) is 2.96. The Hall–Kier alpha value is -2.31. The van der Waals surface area contributed by atoms with Crippen molar-refractivity contribution in [2.24, 2.45) is 0 Å². The maximum absolute atomic E-state index is 11.7. The molecule has 3 N–H and O–H groups in total. The van der Waals surface area contributed by atoms with Gasteiger partial charge in [0, 0.05) is 25.2 Å². The summed E-state index contributed by atoms with van der Waals surface area (Å²) in [5.41, 5.74) is 6.61. The number of nitro groups is 1. The standard InChI is InChI=1S/C12H16N4O3/c1-15(7-12(17)14-8-2-3-8)11-5-4-9(16(18)19)6-10(11)13/h4-6,8H,2-3,7,13H2,1H3,(H,14,17). The van der Waals surface area contributed by atoms with Crippen molar-refractivity contribution in [1.29, 1.82) is 0 Å². The summed E-state index contributed by atoms with van der Waals surface area (Å²) < 4.78 is 0. The lowest BCUT2D eigenvalue weighted by atomic mass is 10.2. The van der Waals surface area contributed by atoms with Gasteiger partial charge in [-0.15, -0.1) is 0 Å². The van der Waals surface area contributed by atoms with E-state index in [9.17, 15) is 14.9 Å². The van der Waals surface area contributed by atoms with E-state index in [-0.39, 0.29) is 23.8 Å². The van der Waals surface area contributed by atoms with Gasteiger partial charge in [-0.1, -0.05) is 0 Å². The van der Waals surface area contributed by atoms with Gasteiger partial charge in [0.2, 0.25) is 5.91 Å². The molecule has 1 fully saturated rings. The summed E-state index contributed by atoms with van der Waals surface area (Å²) in [6, 6.07) is 4.54. The Morgan fingerprint density at radius 2 is 2.26 bits per heavy atom. The van der Waals surface area contributed by atoms with Crippen LogP contribution in [0.5, 0.6) is 0 Å². The fraction of sp³-hybridized carbons (Fsp3) is 0.417. The molecule has 0 unspecified atom stereocenters. The molecule has 1 aliphatic rings. The van der Waals surface area contributed by atoms with E-state index >= 15 is 0 Å². The number of nitrogens with zero attached hydrogens (tertiary/aromatic N) is 2. The first-order chi connectivity index (χ1) is 8.97. The summed E-state index contributed by atoms with van der Waals surface area (Å²) in [7, 11) is 1.73. The van der Waals surface area contributed by atoms with Crippen LogP contribution in [0.15, 0.2) is 18.2 Å². The van der Waals surface area contributed by atoms with Crippen molar-refractivity contribution >= 4 is 23.0 Å². The van der Waals surface area contributed by atoms with Crippen LogP contribution in [0.4, 0.5) is 17.1 Å². The number of nitrogens with one attached hydrogen (secondary N) is 1. The van der Waals surface area contributed by atoms with Crippen LogP contribution >= 0.6 is 0 Å². The molecule has 1 aromatic carbocycles. The number of likely N-dealkylation sites (N-methyl/N-ethyl adjacent to an activating group) is 1. The van der Waals surface area contributed by atoms with E-state index in [1.165, 1.54) is 12.1 Å². The second-order valence-corrected chi connectivity index (χ2v) is 4.70. The molecule has 1 aliphatic carbocycles. The Balaban J connectivity index is 2.03. The van der Waals surface area contributed by atoms with Crippen LogP contribution in [0.25, 0.3) is 0 Å². The summed E-state index contributed by atoms with van der Waals surface area (Å²) in [4.78, 5) is 23.5. The minimum Gasteiger partial charge on any atom is -0.397 e. The van der Waals surface area contributed by atoms with Crippen molar-refractivity contribution in [1.82, 2.24) is 5.32 Å². The number of nitrogen functional groups attached to an aromatic ring is 1. The van der Waals surface area contributed by atoms with Crippen LogP contribution in [0.2, 0.25) is 0 Å². The number of hydrogen-bond acceptors (Lipinski definition) is 5. The molecule has 19 heavy (non-hydrogen) atoms. The van der Waals surface area contributed by atoms with Crippen molar-refractivity contribution in [3.63, 3.8) is 0 Å². The van der Waals surface area contributed by atoms with Gasteiger partial charge in [0.25, 0.3) is 5.69 Å². The largest absolute Gasteiger partial charge is 0.397 e. The fourth-order valence-corrected chi connectivity index (χ4v) is 1.80. The normalized spacial score (nSPS) is 13.9.